The van der Waals surface area contributed by atoms with Crippen LogP contribution in [-0.2, 0) is 47.0 Å². The van der Waals surface area contributed by atoms with Gasteiger partial charge < -0.3 is 14.4 Å². The van der Waals surface area contributed by atoms with E-state index in [0.717, 1.165) is 18.3 Å². The first-order valence-corrected chi connectivity index (χ1v) is 27.1. The van der Waals surface area contributed by atoms with Crippen molar-refractivity contribution in [3.63, 3.8) is 0 Å². The molecule has 2 radical (unpaired) electrons. The number of hydrogen-bond acceptors (Lipinski definition) is 0. The average Bonchev–Trinajstić information content (AvgIpc) is 4.09. The summed E-state index contributed by atoms with van der Waals surface area (Å²) < 4.78 is 0. The molecule has 332 valence electrons. The van der Waals surface area contributed by atoms with Crippen LogP contribution >= 0.6 is 24.8 Å². The van der Waals surface area contributed by atoms with Crippen molar-refractivity contribution in [3.05, 3.63) is 146 Å². The van der Waals surface area contributed by atoms with E-state index in [9.17, 15) is 0 Å². The molecule has 0 saturated heterocycles. The third kappa shape index (κ3) is 11.8. The van der Waals surface area contributed by atoms with Crippen molar-refractivity contribution in [3.8, 4) is 22.3 Å². The van der Waals surface area contributed by atoms with E-state index in [1.807, 2.05) is 6.92 Å². The molecule has 4 bridgehead atoms. The van der Waals surface area contributed by atoms with Gasteiger partial charge in [-0.3, -0.25) is 0 Å². The molecule has 0 unspecified atom stereocenters. The fourth-order valence-corrected chi connectivity index (χ4v) is 11.6. The van der Waals surface area contributed by atoms with E-state index < -0.39 is 0 Å². The predicted molar refractivity (Wildman–Crippen MR) is 275 cm³/mol. The number of benzene rings is 4. The second kappa shape index (κ2) is 21.8. The van der Waals surface area contributed by atoms with Gasteiger partial charge in [0.05, 0.1) is 0 Å². The molecular formula is C58H74Cl2SiZr-4. The van der Waals surface area contributed by atoms with Crippen molar-refractivity contribution in [2.45, 2.75) is 143 Å². The Hall–Kier alpha value is -2.22. The topological polar surface area (TPSA) is 0 Å². The van der Waals surface area contributed by atoms with E-state index in [-0.39, 0.29) is 43.1 Å². The first-order chi connectivity index (χ1) is 28.3. The Balaban J connectivity index is 0.000000237. The Bertz CT molecular complexity index is 2130. The van der Waals surface area contributed by atoms with Gasteiger partial charge in [-0.25, -0.2) is 0 Å². The molecule has 4 aliphatic rings. The maximum absolute atomic E-state index is 3.49. The zero-order valence-corrected chi connectivity index (χ0v) is 44.4. The average molecular weight is 961 g/mol. The van der Waals surface area contributed by atoms with Crippen LogP contribution in [0.4, 0.5) is 0 Å². The van der Waals surface area contributed by atoms with Crippen LogP contribution in [0.25, 0.3) is 43.8 Å². The van der Waals surface area contributed by atoms with Gasteiger partial charge in [0, 0.05) is 0 Å². The van der Waals surface area contributed by atoms with Crippen LogP contribution in [0.15, 0.2) is 109 Å². The van der Waals surface area contributed by atoms with Gasteiger partial charge in [-0.15, -0.1) is 93.9 Å². The van der Waals surface area contributed by atoms with Crippen LogP contribution in [0.5, 0.6) is 0 Å². The minimum atomic E-state index is 0. The van der Waals surface area contributed by atoms with Crippen LogP contribution in [-0.4, -0.2) is 6.88 Å². The van der Waals surface area contributed by atoms with Crippen LogP contribution in [0, 0.1) is 37.0 Å². The van der Waals surface area contributed by atoms with Crippen molar-refractivity contribution in [2.75, 3.05) is 0 Å². The summed E-state index contributed by atoms with van der Waals surface area (Å²) in [6, 6.07) is 41.9. The molecule has 0 aliphatic heterocycles. The molecule has 4 heteroatoms. The first-order valence-electron chi connectivity index (χ1n) is 22.9. The number of halogens is 2. The minimum absolute atomic E-state index is 0. The van der Waals surface area contributed by atoms with Crippen LogP contribution in [0.3, 0.4) is 0 Å². The van der Waals surface area contributed by atoms with E-state index in [0.29, 0.717) is 10.8 Å². The van der Waals surface area contributed by atoms with Gasteiger partial charge >= 0.3 is 30.2 Å². The molecule has 0 spiro atoms. The molecule has 0 N–H and O–H groups in total. The van der Waals surface area contributed by atoms with Crippen LogP contribution < -0.4 is 0 Å². The Labute approximate surface area is 407 Å². The van der Waals surface area contributed by atoms with Gasteiger partial charge in [0.2, 0.25) is 0 Å². The summed E-state index contributed by atoms with van der Waals surface area (Å²) in [6.07, 6.45) is 18.3. The third-order valence-corrected chi connectivity index (χ3v) is 14.7. The molecular weight excluding hydrogens is 887 g/mol. The molecule has 0 heterocycles. The molecule has 10 rings (SSSR count). The summed E-state index contributed by atoms with van der Waals surface area (Å²) in [5.41, 5.74) is 13.0. The fourth-order valence-electron chi connectivity index (χ4n) is 11.6. The molecule has 4 saturated carbocycles. The molecule has 0 amide bonds. The van der Waals surface area contributed by atoms with Gasteiger partial charge in [0.15, 0.2) is 0 Å². The van der Waals surface area contributed by atoms with E-state index in [1.54, 1.807) is 11.1 Å². The predicted octanol–water partition coefficient (Wildman–Crippen LogP) is 17.4. The van der Waals surface area contributed by atoms with Gasteiger partial charge in [-0.05, 0) is 133 Å². The molecule has 4 aliphatic carbocycles. The molecule has 0 nitrogen and oxygen atoms in total. The van der Waals surface area contributed by atoms with Gasteiger partial charge in [-0.2, -0.15) is 18.6 Å². The van der Waals surface area contributed by atoms with E-state index in [2.05, 4.69) is 165 Å². The van der Waals surface area contributed by atoms with E-state index in [4.69, 9.17) is 0 Å². The zero-order chi connectivity index (χ0) is 42.0. The molecule has 0 atom stereocenters. The normalized spacial score (nSPS) is 21.9. The molecule has 0 aromatic heterocycles. The molecule has 62 heavy (non-hydrogen) atoms. The summed E-state index contributed by atoms with van der Waals surface area (Å²) in [6.45, 7) is 22.2. The maximum atomic E-state index is 3.49. The quantitative estimate of drug-likeness (QED) is 0.115. The Morgan fingerprint density at radius 3 is 1.18 bits per heavy atom. The van der Waals surface area contributed by atoms with Crippen molar-refractivity contribution < 1.29 is 23.3 Å². The van der Waals surface area contributed by atoms with Gasteiger partial charge in [0.25, 0.3) is 0 Å². The summed E-state index contributed by atoms with van der Waals surface area (Å²) in [5, 5.41) is 5.68. The fraction of sp³-hybridized carbons (Fsp3) is 0.448. The van der Waals surface area contributed by atoms with Crippen LogP contribution in [0.1, 0.15) is 141 Å². The number of rotatable bonds is 6. The monoisotopic (exact) mass is 958 g/mol. The van der Waals surface area contributed by atoms with Crippen molar-refractivity contribution in [1.29, 1.82) is 0 Å². The Kier molecular flexibility index (Phi) is 18.5. The van der Waals surface area contributed by atoms with E-state index in [1.165, 1.54) is 155 Å². The Morgan fingerprint density at radius 2 is 0.903 bits per heavy atom. The third-order valence-electron chi connectivity index (χ3n) is 14.7. The molecule has 6 aromatic carbocycles. The zero-order valence-electron chi connectivity index (χ0n) is 39.3. The first kappa shape index (κ1) is 52.4. The SMILES string of the molecule is CC(C)(C)c1ccc(-c2cccc3[cH-]c(CC45CCC(CC4)C5)cc23)cc1.CC(C)(C)c1ccc(-c2cccc3[cH-]c(CC45CCC(CC4)C5)cc23)cc1.Cl.Cl.[CH2-]CC.[CH3-].[Si]=[Zr]. The molecule has 4 fully saturated rings. The second-order valence-corrected chi connectivity index (χ2v) is 21.1. The van der Waals surface area contributed by atoms with E-state index >= 15 is 0 Å². The number of fused-ring (bicyclic) bond motifs is 6. The van der Waals surface area contributed by atoms with Crippen molar-refractivity contribution in [2.24, 2.45) is 22.7 Å². The van der Waals surface area contributed by atoms with Gasteiger partial charge in [-0.1, -0.05) is 120 Å². The summed E-state index contributed by atoms with van der Waals surface area (Å²) in [4.78, 5) is 0. The number of hydrogen-bond donors (Lipinski definition) is 0. The second-order valence-electron chi connectivity index (χ2n) is 21.1. The summed E-state index contributed by atoms with van der Waals surface area (Å²) in [5.74, 6) is 2.07. The standard InChI is InChI=1S/2C27H31.C3H7.CH3.2ClH.Si.Zr/c2*1-26(2,3)23-9-7-21(8-10-23)24-6-4-5-22-15-20(16-25(22)24)18-27-13-11-19(17-27)12-14-27;1-3-2;;;;;/h2*4-10,15-16,19H,11-14,17-18H2,1-3H3;1,3H2,2H3;1H3;2*1H;;/q4*-1;;;;. The summed E-state index contributed by atoms with van der Waals surface area (Å²) in [7, 11) is 0. The Morgan fingerprint density at radius 1 is 0.581 bits per heavy atom. The summed E-state index contributed by atoms with van der Waals surface area (Å²) >= 11 is 1.36. The molecule has 6 aromatic rings. The van der Waals surface area contributed by atoms with Crippen molar-refractivity contribution >= 4 is 53.2 Å². The van der Waals surface area contributed by atoms with Crippen LogP contribution in [0.2, 0.25) is 0 Å². The van der Waals surface area contributed by atoms with Crippen molar-refractivity contribution in [1.82, 2.24) is 0 Å². The van der Waals surface area contributed by atoms with Gasteiger partial charge in [0.1, 0.15) is 0 Å².